The van der Waals surface area contributed by atoms with Crippen molar-refractivity contribution in [3.63, 3.8) is 0 Å². The van der Waals surface area contributed by atoms with Gasteiger partial charge in [-0.3, -0.25) is 0 Å². The second kappa shape index (κ2) is 11.5. The molecule has 0 aromatic heterocycles. The summed E-state index contributed by atoms with van der Waals surface area (Å²) in [5.41, 5.74) is 2.47. The van der Waals surface area contributed by atoms with Crippen LogP contribution < -0.4 is 0 Å². The van der Waals surface area contributed by atoms with Gasteiger partial charge in [-0.25, -0.2) is 9.59 Å². The lowest BCUT2D eigenvalue weighted by molar-refractivity contribution is 0.135. The minimum Gasteiger partial charge on any atom is -0.450 e. The molecule has 2 aromatic rings. The Morgan fingerprint density at radius 1 is 0.591 bits per heavy atom. The van der Waals surface area contributed by atoms with E-state index in [-0.39, 0.29) is 0 Å². The van der Waals surface area contributed by atoms with E-state index in [9.17, 15) is 0 Å². The van der Waals surface area contributed by atoms with Crippen molar-refractivity contribution in [3.8, 4) is 0 Å². The molecule has 0 fully saturated rings. The van der Waals surface area contributed by atoms with Crippen molar-refractivity contribution < 1.29 is 30.0 Å². The average Bonchev–Trinajstić information content (AvgIpc) is 2.46. The summed E-state index contributed by atoms with van der Waals surface area (Å²) in [5.74, 6) is 0. The van der Waals surface area contributed by atoms with Gasteiger partial charge in [0.2, 0.25) is 0 Å². The van der Waals surface area contributed by atoms with Gasteiger partial charge in [0.05, 0.1) is 0 Å². The lowest BCUT2D eigenvalue weighted by atomic mass is 10.1. The van der Waals surface area contributed by atoms with E-state index in [1.54, 1.807) is 0 Å². The molecule has 0 aliphatic rings. The molecule has 2 rings (SSSR count). The van der Waals surface area contributed by atoms with E-state index in [2.05, 4.69) is 36.4 Å². The summed E-state index contributed by atoms with van der Waals surface area (Å²) in [6, 6.07) is 20.6. The molecule has 0 aliphatic heterocycles. The summed E-state index contributed by atoms with van der Waals surface area (Å²) in [6.45, 7) is 0. The maximum atomic E-state index is 8.56. The summed E-state index contributed by atoms with van der Waals surface area (Å²) in [7, 11) is 0. The van der Waals surface area contributed by atoms with Crippen molar-refractivity contribution >= 4 is 24.5 Å². The summed E-state index contributed by atoms with van der Waals surface area (Å²) in [6.07, 6.45) is 0.574. The number of carboxylic acid groups (broad SMARTS) is 4. The van der Waals surface area contributed by atoms with Gasteiger partial charge in [-0.15, -0.1) is 0 Å². The second-order valence-electron chi connectivity index (χ2n) is 3.72. The first kappa shape index (κ1) is 18.7. The first-order valence-electron chi connectivity index (χ1n) is 6.03. The Labute approximate surface area is 127 Å². The quantitative estimate of drug-likeness (QED) is 0.615. The summed E-state index contributed by atoms with van der Waals surface area (Å²) < 4.78 is 0. The molecule has 0 amide bonds. The zero-order valence-electron chi connectivity index (χ0n) is 11.5. The fourth-order valence-corrected chi connectivity index (χ4v) is 1.32. The highest BCUT2D eigenvalue weighted by molar-refractivity contribution is 5.69. The van der Waals surface area contributed by atoms with Gasteiger partial charge < -0.3 is 20.4 Å². The molecule has 4 N–H and O–H groups in total. The zero-order chi connectivity index (χ0) is 16.8. The third-order valence-electron chi connectivity index (χ3n) is 2.07. The molecule has 0 spiro atoms. The molecule has 2 aromatic carbocycles. The first-order valence-corrected chi connectivity index (χ1v) is 6.03. The van der Waals surface area contributed by atoms with E-state index in [4.69, 9.17) is 30.0 Å². The second-order valence-corrected chi connectivity index (χ2v) is 3.72. The van der Waals surface area contributed by atoms with Crippen LogP contribution in [0, 0.1) is 0 Å². The predicted molar refractivity (Wildman–Crippen MR) is 83.1 cm³/mol. The molecule has 0 saturated heterocycles. The number of hydrogen-bond donors (Lipinski definition) is 4. The highest BCUT2D eigenvalue weighted by atomic mass is 16.6. The minimum atomic E-state index is -1.83. The first-order chi connectivity index (χ1) is 10.4. The van der Waals surface area contributed by atoms with E-state index in [1.165, 1.54) is 11.1 Å². The van der Waals surface area contributed by atoms with Crippen LogP contribution in [-0.2, 0) is 0 Å². The third kappa shape index (κ3) is 13.2. The summed E-state index contributed by atoms with van der Waals surface area (Å²) in [4.78, 5) is 17.1. The van der Waals surface area contributed by atoms with Gasteiger partial charge in [0, 0.05) is 0 Å². The van der Waals surface area contributed by atoms with Crippen LogP contribution in [0.25, 0.3) is 12.2 Å². The van der Waals surface area contributed by atoms with Crippen molar-refractivity contribution in [2.24, 2.45) is 0 Å². The van der Waals surface area contributed by atoms with Gasteiger partial charge in [-0.05, 0) is 11.1 Å². The zero-order valence-corrected chi connectivity index (χ0v) is 11.5. The molecule has 0 saturated carbocycles. The van der Waals surface area contributed by atoms with Crippen LogP contribution in [0.15, 0.2) is 60.7 Å². The highest BCUT2D eigenvalue weighted by Gasteiger charge is 1.84. The Morgan fingerprint density at radius 3 is 1.05 bits per heavy atom. The van der Waals surface area contributed by atoms with Crippen molar-refractivity contribution in [1.29, 1.82) is 0 Å². The largest absolute Gasteiger partial charge is 0.503 e. The summed E-state index contributed by atoms with van der Waals surface area (Å²) >= 11 is 0. The molecule has 116 valence electrons. The van der Waals surface area contributed by atoms with E-state index in [0.717, 1.165) is 0 Å². The van der Waals surface area contributed by atoms with Gasteiger partial charge in [0.25, 0.3) is 0 Å². The third-order valence-corrected chi connectivity index (χ3v) is 2.07. The van der Waals surface area contributed by atoms with Gasteiger partial charge in [0.15, 0.2) is 0 Å². The molecule has 6 heteroatoms. The Balaban J connectivity index is 0.000000464. The number of hydrogen-bond acceptors (Lipinski definition) is 2. The Morgan fingerprint density at radius 2 is 0.818 bits per heavy atom. The van der Waals surface area contributed by atoms with Crippen LogP contribution in [0.1, 0.15) is 11.1 Å². The Hall–Kier alpha value is -3.28. The Kier molecular flexibility index (Phi) is 9.82. The maximum absolute atomic E-state index is 8.56. The van der Waals surface area contributed by atoms with Crippen LogP contribution in [0.3, 0.4) is 0 Å². The van der Waals surface area contributed by atoms with Crippen molar-refractivity contribution in [2.45, 2.75) is 0 Å². The van der Waals surface area contributed by atoms with E-state index in [0.29, 0.717) is 0 Å². The molecule has 6 nitrogen and oxygen atoms in total. The van der Waals surface area contributed by atoms with Gasteiger partial charge in [-0.1, -0.05) is 72.8 Å². The van der Waals surface area contributed by atoms with Crippen LogP contribution >= 0.6 is 0 Å². The Bertz CT molecular complexity index is 517. The molecule has 0 unspecified atom stereocenters. The van der Waals surface area contributed by atoms with E-state index in [1.807, 2.05) is 36.4 Å². The average molecular weight is 304 g/mol. The van der Waals surface area contributed by atoms with Gasteiger partial charge in [0.1, 0.15) is 0 Å². The molecular formula is C16H16O6. The topological polar surface area (TPSA) is 115 Å². The maximum Gasteiger partial charge on any atom is 0.503 e. The standard InChI is InChI=1S/C14H12.2CH2O3/c1-3-7-13(8-4-1)11-12-14-9-5-2-6-10-14;2*2-1(3)4/h1-12H;2*(H2,2,3,4). The van der Waals surface area contributed by atoms with Gasteiger partial charge >= 0.3 is 12.3 Å². The molecule has 22 heavy (non-hydrogen) atoms. The van der Waals surface area contributed by atoms with Crippen molar-refractivity contribution in [1.82, 2.24) is 0 Å². The molecule has 0 bridgehead atoms. The number of rotatable bonds is 2. The van der Waals surface area contributed by atoms with Crippen molar-refractivity contribution in [3.05, 3.63) is 71.8 Å². The minimum absolute atomic E-state index is 1.23. The predicted octanol–water partition coefficient (Wildman–Crippen LogP) is 4.30. The number of benzene rings is 2. The fourth-order valence-electron chi connectivity index (χ4n) is 1.32. The monoisotopic (exact) mass is 304 g/mol. The normalized spacial score (nSPS) is 8.91. The van der Waals surface area contributed by atoms with Crippen LogP contribution in [-0.4, -0.2) is 32.7 Å². The molecule has 0 atom stereocenters. The van der Waals surface area contributed by atoms with E-state index < -0.39 is 12.3 Å². The van der Waals surface area contributed by atoms with E-state index >= 15 is 0 Å². The molecule has 0 heterocycles. The number of carbonyl (C=O) groups is 2. The SMILES string of the molecule is C(=Cc1ccccc1)c1ccccc1.O=C(O)O.O=C(O)O. The molecular weight excluding hydrogens is 288 g/mol. The van der Waals surface area contributed by atoms with Crippen molar-refractivity contribution in [2.75, 3.05) is 0 Å². The molecule has 0 radical (unpaired) electrons. The lowest BCUT2D eigenvalue weighted by Gasteiger charge is -1.92. The highest BCUT2D eigenvalue weighted by Crippen LogP contribution is 2.06. The fraction of sp³-hybridized carbons (Fsp3) is 0. The smallest absolute Gasteiger partial charge is 0.450 e. The summed E-state index contributed by atoms with van der Waals surface area (Å²) in [5, 5.41) is 27.9. The van der Waals surface area contributed by atoms with Crippen LogP contribution in [0.2, 0.25) is 0 Å². The van der Waals surface area contributed by atoms with Gasteiger partial charge in [-0.2, -0.15) is 0 Å². The lowest BCUT2D eigenvalue weighted by Crippen LogP contribution is -1.81. The molecule has 0 aliphatic carbocycles. The van der Waals surface area contributed by atoms with Crippen LogP contribution in [0.4, 0.5) is 9.59 Å². The van der Waals surface area contributed by atoms with Crippen LogP contribution in [0.5, 0.6) is 0 Å².